The predicted molar refractivity (Wildman–Crippen MR) is 83.7 cm³/mol. The van der Waals surface area contributed by atoms with Crippen molar-refractivity contribution < 1.29 is 12.8 Å². The monoisotopic (exact) mass is 316 g/mol. The zero-order valence-electron chi connectivity index (χ0n) is 11.7. The number of aryl methyl sites for hydroxylation is 1. The molecule has 0 atom stereocenters. The van der Waals surface area contributed by atoms with Crippen LogP contribution in [0, 0.1) is 12.7 Å². The lowest BCUT2D eigenvalue weighted by atomic mass is 10.1. The van der Waals surface area contributed by atoms with E-state index in [1.165, 1.54) is 12.1 Å². The van der Waals surface area contributed by atoms with E-state index in [1.54, 1.807) is 43.5 Å². The van der Waals surface area contributed by atoms with Gasteiger partial charge in [0.2, 0.25) is 0 Å². The van der Waals surface area contributed by atoms with Crippen LogP contribution in [0.25, 0.3) is 10.9 Å². The lowest BCUT2D eigenvalue weighted by Gasteiger charge is -2.12. The van der Waals surface area contributed by atoms with Crippen molar-refractivity contribution in [3.05, 3.63) is 66.1 Å². The van der Waals surface area contributed by atoms with Crippen molar-refractivity contribution in [2.24, 2.45) is 0 Å². The minimum Gasteiger partial charge on any atom is -0.277 e. The number of nitrogens with one attached hydrogen (secondary N) is 1. The predicted octanol–water partition coefficient (Wildman–Crippen LogP) is 3.48. The van der Waals surface area contributed by atoms with Gasteiger partial charge in [-0.05, 0) is 30.7 Å². The van der Waals surface area contributed by atoms with Crippen LogP contribution in [0.4, 0.5) is 10.1 Å². The molecule has 0 radical (unpaired) electrons. The van der Waals surface area contributed by atoms with Crippen molar-refractivity contribution in [2.75, 3.05) is 4.72 Å². The molecule has 0 amide bonds. The van der Waals surface area contributed by atoms with Gasteiger partial charge in [-0.1, -0.05) is 24.3 Å². The number of nitrogens with zero attached hydrogens (tertiary/aromatic N) is 1. The molecule has 3 aromatic rings. The fourth-order valence-electron chi connectivity index (χ4n) is 2.24. The first-order valence-electron chi connectivity index (χ1n) is 6.61. The van der Waals surface area contributed by atoms with Gasteiger partial charge in [-0.3, -0.25) is 9.71 Å². The summed E-state index contributed by atoms with van der Waals surface area (Å²) in [6.07, 6.45) is 1.54. The van der Waals surface area contributed by atoms with E-state index in [4.69, 9.17) is 0 Å². The van der Waals surface area contributed by atoms with Gasteiger partial charge in [0.05, 0.1) is 16.1 Å². The van der Waals surface area contributed by atoms with E-state index < -0.39 is 15.8 Å². The Kier molecular flexibility index (Phi) is 3.54. The molecule has 1 heterocycles. The van der Waals surface area contributed by atoms with Crippen molar-refractivity contribution in [1.29, 1.82) is 0 Å². The first kappa shape index (κ1) is 14.5. The summed E-state index contributed by atoms with van der Waals surface area (Å²) in [6.45, 7) is 1.63. The van der Waals surface area contributed by atoms with Crippen molar-refractivity contribution in [1.82, 2.24) is 4.98 Å². The maximum atomic E-state index is 14.0. The minimum atomic E-state index is -3.79. The Hall–Kier alpha value is -2.47. The Morgan fingerprint density at radius 1 is 1.09 bits per heavy atom. The molecular formula is C16H13FN2O2S. The molecule has 0 fully saturated rings. The lowest BCUT2D eigenvalue weighted by molar-refractivity contribution is 0.601. The van der Waals surface area contributed by atoms with Crippen LogP contribution in [0.2, 0.25) is 0 Å². The molecule has 0 aliphatic rings. The summed E-state index contributed by atoms with van der Waals surface area (Å²) in [7, 11) is -3.79. The van der Waals surface area contributed by atoms with Crippen LogP contribution in [0.5, 0.6) is 0 Å². The minimum absolute atomic E-state index is 0.111. The van der Waals surface area contributed by atoms with Crippen molar-refractivity contribution in [3.8, 4) is 0 Å². The van der Waals surface area contributed by atoms with Gasteiger partial charge in [0.1, 0.15) is 5.82 Å². The van der Waals surface area contributed by atoms with E-state index >= 15 is 0 Å². The highest BCUT2D eigenvalue weighted by molar-refractivity contribution is 7.92. The molecule has 112 valence electrons. The normalized spacial score (nSPS) is 11.5. The number of anilines is 1. The van der Waals surface area contributed by atoms with Crippen molar-refractivity contribution in [2.45, 2.75) is 11.8 Å². The van der Waals surface area contributed by atoms with Crippen LogP contribution in [0.15, 0.2) is 59.6 Å². The van der Waals surface area contributed by atoms with E-state index in [0.717, 1.165) is 6.07 Å². The average Bonchev–Trinajstić information content (AvgIpc) is 2.53. The summed E-state index contributed by atoms with van der Waals surface area (Å²) in [6, 6.07) is 12.5. The van der Waals surface area contributed by atoms with Gasteiger partial charge in [0.15, 0.2) is 0 Å². The van der Waals surface area contributed by atoms with E-state index in [9.17, 15) is 12.8 Å². The molecule has 0 saturated heterocycles. The summed E-state index contributed by atoms with van der Waals surface area (Å²) in [5.41, 5.74) is 0.981. The summed E-state index contributed by atoms with van der Waals surface area (Å²) in [5, 5.41) is 0.577. The van der Waals surface area contributed by atoms with Gasteiger partial charge in [-0.25, -0.2) is 12.8 Å². The molecule has 0 bridgehead atoms. The summed E-state index contributed by atoms with van der Waals surface area (Å²) < 4.78 is 41.2. The summed E-state index contributed by atoms with van der Waals surface area (Å²) in [5.74, 6) is -0.480. The molecule has 1 aromatic heterocycles. The molecule has 6 heteroatoms. The third-order valence-corrected chi connectivity index (χ3v) is 4.78. The van der Waals surface area contributed by atoms with Crippen molar-refractivity contribution >= 4 is 26.6 Å². The lowest BCUT2D eigenvalue weighted by Crippen LogP contribution is -2.13. The van der Waals surface area contributed by atoms with Crippen LogP contribution < -0.4 is 4.72 Å². The molecule has 0 aliphatic heterocycles. The van der Waals surface area contributed by atoms with Crippen molar-refractivity contribution in [3.63, 3.8) is 0 Å². The second kappa shape index (κ2) is 5.38. The molecule has 0 spiro atoms. The van der Waals surface area contributed by atoms with Gasteiger partial charge >= 0.3 is 0 Å². The van der Waals surface area contributed by atoms with Crippen LogP contribution in [0.3, 0.4) is 0 Å². The Bertz CT molecular complexity index is 941. The van der Waals surface area contributed by atoms with Crippen LogP contribution in [-0.2, 0) is 10.0 Å². The first-order valence-corrected chi connectivity index (χ1v) is 8.09. The number of hydrogen-bond donors (Lipinski definition) is 1. The molecule has 0 aliphatic carbocycles. The first-order chi connectivity index (χ1) is 10.5. The number of hydrogen-bond acceptors (Lipinski definition) is 3. The number of halogens is 1. The fourth-order valence-corrected chi connectivity index (χ4v) is 3.31. The summed E-state index contributed by atoms with van der Waals surface area (Å²) in [4.78, 5) is 4.28. The molecular weight excluding hydrogens is 303 g/mol. The average molecular weight is 316 g/mol. The largest absolute Gasteiger partial charge is 0.277 e. The zero-order chi connectivity index (χ0) is 15.7. The molecule has 0 unspecified atom stereocenters. The van der Waals surface area contributed by atoms with Gasteiger partial charge < -0.3 is 0 Å². The molecule has 0 saturated carbocycles. The highest BCUT2D eigenvalue weighted by atomic mass is 32.2. The smallest absolute Gasteiger partial charge is 0.261 e. The van der Waals surface area contributed by atoms with E-state index in [-0.39, 0.29) is 10.6 Å². The number of pyridine rings is 1. The fraction of sp³-hybridized carbons (Fsp3) is 0.0625. The molecule has 3 rings (SSSR count). The van der Waals surface area contributed by atoms with Gasteiger partial charge in [-0.2, -0.15) is 0 Å². The maximum absolute atomic E-state index is 14.0. The zero-order valence-corrected chi connectivity index (χ0v) is 12.6. The quantitative estimate of drug-likeness (QED) is 0.805. The second-order valence-electron chi connectivity index (χ2n) is 4.85. The highest BCUT2D eigenvalue weighted by Crippen LogP contribution is 2.28. The number of benzene rings is 2. The highest BCUT2D eigenvalue weighted by Gasteiger charge is 2.17. The molecule has 22 heavy (non-hydrogen) atoms. The third-order valence-electron chi connectivity index (χ3n) is 3.39. The number of sulfonamides is 1. The van der Waals surface area contributed by atoms with Crippen LogP contribution >= 0.6 is 0 Å². The van der Waals surface area contributed by atoms with Crippen LogP contribution in [-0.4, -0.2) is 13.4 Å². The number of aromatic nitrogens is 1. The number of fused-ring (bicyclic) bond motifs is 1. The molecule has 1 N–H and O–H groups in total. The molecule has 2 aromatic carbocycles. The topological polar surface area (TPSA) is 59.1 Å². The standard InChI is InChI=1S/C16H13FN2O2S/c1-11-13-8-5-9-18-16(13)15(10-14(11)17)19-22(20,21)12-6-3-2-4-7-12/h2-10,19H,1H3. The second-order valence-corrected chi connectivity index (χ2v) is 6.53. The Morgan fingerprint density at radius 3 is 2.55 bits per heavy atom. The van der Waals surface area contributed by atoms with E-state index in [2.05, 4.69) is 9.71 Å². The number of rotatable bonds is 3. The third kappa shape index (κ3) is 2.53. The van der Waals surface area contributed by atoms with Gasteiger partial charge in [0.25, 0.3) is 10.0 Å². The SMILES string of the molecule is Cc1c(F)cc(NS(=O)(=O)c2ccccc2)c2ncccc12. The van der Waals surface area contributed by atoms with Gasteiger partial charge in [0, 0.05) is 17.6 Å². The van der Waals surface area contributed by atoms with Gasteiger partial charge in [-0.15, -0.1) is 0 Å². The van der Waals surface area contributed by atoms with Crippen LogP contribution in [0.1, 0.15) is 5.56 Å². The Labute approximate surface area is 127 Å². The van der Waals surface area contributed by atoms with E-state index in [1.807, 2.05) is 0 Å². The van der Waals surface area contributed by atoms with E-state index in [0.29, 0.717) is 16.5 Å². The maximum Gasteiger partial charge on any atom is 0.261 e. The Morgan fingerprint density at radius 2 is 1.82 bits per heavy atom. The molecule has 4 nitrogen and oxygen atoms in total. The Balaban J connectivity index is 2.14. The summed E-state index contributed by atoms with van der Waals surface area (Å²) >= 11 is 0.